The molecule has 0 aliphatic heterocycles. The van der Waals surface area contributed by atoms with Crippen LogP contribution in [0, 0.1) is 6.92 Å². The van der Waals surface area contributed by atoms with Gasteiger partial charge in [0.25, 0.3) is 5.56 Å². The first kappa shape index (κ1) is 20.0. The van der Waals surface area contributed by atoms with Crippen LogP contribution in [0.25, 0.3) is 10.9 Å². The van der Waals surface area contributed by atoms with Gasteiger partial charge in [0.15, 0.2) is 0 Å². The Kier molecular flexibility index (Phi) is 5.74. The van der Waals surface area contributed by atoms with E-state index < -0.39 is 0 Å². The van der Waals surface area contributed by atoms with E-state index in [0.717, 1.165) is 42.1 Å². The summed E-state index contributed by atoms with van der Waals surface area (Å²) in [4.78, 5) is 30.7. The molecular weight excluding hydrogens is 378 g/mol. The molecule has 2 aromatic carbocycles. The van der Waals surface area contributed by atoms with E-state index >= 15 is 0 Å². The zero-order valence-electron chi connectivity index (χ0n) is 17.4. The molecule has 4 rings (SSSR count). The Morgan fingerprint density at radius 2 is 1.93 bits per heavy atom. The van der Waals surface area contributed by atoms with Crippen molar-refractivity contribution in [2.75, 3.05) is 12.4 Å². The van der Waals surface area contributed by atoms with Crippen molar-refractivity contribution in [3.05, 3.63) is 70.0 Å². The smallest absolute Gasteiger partial charge is 0.322 e. The van der Waals surface area contributed by atoms with Gasteiger partial charge in [-0.25, -0.2) is 4.79 Å². The highest BCUT2D eigenvalue weighted by atomic mass is 16.5. The predicted molar refractivity (Wildman–Crippen MR) is 119 cm³/mol. The van der Waals surface area contributed by atoms with Crippen molar-refractivity contribution >= 4 is 22.6 Å². The van der Waals surface area contributed by atoms with Gasteiger partial charge in [-0.3, -0.25) is 4.79 Å². The van der Waals surface area contributed by atoms with Crippen LogP contribution in [0.1, 0.15) is 36.8 Å². The number of nitrogens with one attached hydrogen (secondary N) is 2. The Balaban J connectivity index is 1.64. The Morgan fingerprint density at radius 3 is 2.70 bits per heavy atom. The molecule has 6 nitrogen and oxygen atoms in total. The first-order valence-electron chi connectivity index (χ1n) is 10.4. The lowest BCUT2D eigenvalue weighted by atomic mass is 10.1. The molecule has 1 aromatic heterocycles. The van der Waals surface area contributed by atoms with Crippen LogP contribution in [0.4, 0.5) is 10.5 Å². The van der Waals surface area contributed by atoms with Gasteiger partial charge in [-0.1, -0.05) is 36.6 Å². The second kappa shape index (κ2) is 8.61. The number of carbonyl (C=O) groups is 1. The van der Waals surface area contributed by atoms with Gasteiger partial charge in [-0.05, 0) is 55.5 Å². The number of rotatable bonds is 5. The Morgan fingerprint density at radius 1 is 1.17 bits per heavy atom. The number of hydrogen-bond acceptors (Lipinski definition) is 3. The fourth-order valence-electron chi connectivity index (χ4n) is 4.19. The first-order valence-corrected chi connectivity index (χ1v) is 10.4. The van der Waals surface area contributed by atoms with E-state index in [-0.39, 0.29) is 24.2 Å². The predicted octanol–water partition coefficient (Wildman–Crippen LogP) is 4.82. The summed E-state index contributed by atoms with van der Waals surface area (Å²) in [5.41, 5.74) is 2.99. The van der Waals surface area contributed by atoms with E-state index in [0.29, 0.717) is 17.0 Å². The van der Waals surface area contributed by atoms with Gasteiger partial charge < -0.3 is 19.9 Å². The molecule has 1 heterocycles. The molecule has 1 aliphatic rings. The Bertz CT molecular complexity index is 1120. The number of amides is 2. The average molecular weight is 405 g/mol. The normalized spacial score (nSPS) is 14.1. The number of H-pyrrole nitrogens is 1. The van der Waals surface area contributed by atoms with E-state index in [1.165, 1.54) is 0 Å². The summed E-state index contributed by atoms with van der Waals surface area (Å²) in [6, 6.07) is 15.1. The van der Waals surface area contributed by atoms with Gasteiger partial charge in [0.1, 0.15) is 5.75 Å². The van der Waals surface area contributed by atoms with Crippen molar-refractivity contribution in [3.63, 3.8) is 0 Å². The molecule has 2 amide bonds. The summed E-state index contributed by atoms with van der Waals surface area (Å²) < 4.78 is 5.36. The molecule has 0 saturated heterocycles. The highest BCUT2D eigenvalue weighted by Gasteiger charge is 2.28. The lowest BCUT2D eigenvalue weighted by molar-refractivity contribution is 0.184. The van der Waals surface area contributed by atoms with Crippen LogP contribution in [0.2, 0.25) is 0 Å². The number of urea groups is 1. The topological polar surface area (TPSA) is 74.4 Å². The van der Waals surface area contributed by atoms with Crippen LogP contribution in [-0.2, 0) is 6.54 Å². The molecule has 0 spiro atoms. The third kappa shape index (κ3) is 4.17. The maximum atomic E-state index is 13.2. The molecular formula is C24H27N3O3. The largest absolute Gasteiger partial charge is 0.495 e. The molecule has 1 fully saturated rings. The van der Waals surface area contributed by atoms with E-state index in [1.807, 2.05) is 55.5 Å². The Hall–Kier alpha value is -3.28. The number of ether oxygens (including phenoxy) is 1. The monoisotopic (exact) mass is 405 g/mol. The van der Waals surface area contributed by atoms with Crippen molar-refractivity contribution in [2.45, 2.75) is 45.2 Å². The molecule has 6 heteroatoms. The van der Waals surface area contributed by atoms with Gasteiger partial charge in [-0.2, -0.15) is 0 Å². The number of pyridine rings is 1. The standard InChI is InChI=1S/C24H27N3O3/c1-16-11-12-20-17(13-16)14-18(23(28)25-20)15-27(19-7-3-4-8-19)24(29)26-21-9-5-6-10-22(21)30-2/h5-6,9-14,19H,3-4,7-8,15H2,1-2H3,(H,25,28)(H,26,29). The summed E-state index contributed by atoms with van der Waals surface area (Å²) >= 11 is 0. The van der Waals surface area contributed by atoms with Crippen molar-refractivity contribution in [2.24, 2.45) is 0 Å². The number of benzene rings is 2. The molecule has 0 radical (unpaired) electrons. The molecule has 0 bridgehead atoms. The maximum Gasteiger partial charge on any atom is 0.322 e. The van der Waals surface area contributed by atoms with E-state index in [1.54, 1.807) is 12.0 Å². The molecule has 156 valence electrons. The zero-order valence-corrected chi connectivity index (χ0v) is 17.4. The van der Waals surface area contributed by atoms with E-state index in [2.05, 4.69) is 10.3 Å². The minimum absolute atomic E-state index is 0.118. The summed E-state index contributed by atoms with van der Waals surface area (Å²) in [5.74, 6) is 0.608. The summed E-state index contributed by atoms with van der Waals surface area (Å²) in [5, 5.41) is 3.95. The first-order chi connectivity index (χ1) is 14.5. The summed E-state index contributed by atoms with van der Waals surface area (Å²) in [7, 11) is 1.58. The average Bonchev–Trinajstić information content (AvgIpc) is 3.27. The minimum Gasteiger partial charge on any atom is -0.495 e. The molecule has 1 saturated carbocycles. The zero-order chi connectivity index (χ0) is 21.1. The molecule has 0 atom stereocenters. The van der Waals surface area contributed by atoms with Crippen molar-refractivity contribution in [3.8, 4) is 5.75 Å². The van der Waals surface area contributed by atoms with Gasteiger partial charge >= 0.3 is 6.03 Å². The third-order valence-electron chi connectivity index (χ3n) is 5.79. The van der Waals surface area contributed by atoms with Crippen molar-refractivity contribution in [1.29, 1.82) is 0 Å². The molecule has 3 aromatic rings. The maximum absolute atomic E-state index is 13.2. The Labute approximate surface area is 175 Å². The molecule has 30 heavy (non-hydrogen) atoms. The highest BCUT2D eigenvalue weighted by Crippen LogP contribution is 2.28. The number of carbonyl (C=O) groups excluding carboxylic acids is 1. The summed E-state index contributed by atoms with van der Waals surface area (Å²) in [6.45, 7) is 2.29. The lowest BCUT2D eigenvalue weighted by Gasteiger charge is -2.29. The van der Waals surface area contributed by atoms with Gasteiger partial charge in [0.2, 0.25) is 0 Å². The van der Waals surface area contributed by atoms with E-state index in [9.17, 15) is 9.59 Å². The van der Waals surface area contributed by atoms with Crippen LogP contribution in [0.3, 0.4) is 0 Å². The van der Waals surface area contributed by atoms with Crippen LogP contribution in [0.5, 0.6) is 5.75 Å². The minimum atomic E-state index is -0.213. The number of aromatic amines is 1. The molecule has 2 N–H and O–H groups in total. The van der Waals surface area contributed by atoms with Gasteiger partial charge in [-0.15, -0.1) is 0 Å². The van der Waals surface area contributed by atoms with Crippen molar-refractivity contribution in [1.82, 2.24) is 9.88 Å². The summed E-state index contributed by atoms with van der Waals surface area (Å²) in [6.07, 6.45) is 4.08. The second-order valence-corrected chi connectivity index (χ2v) is 7.91. The number of aromatic nitrogens is 1. The number of methoxy groups -OCH3 is 1. The lowest BCUT2D eigenvalue weighted by Crippen LogP contribution is -2.42. The van der Waals surface area contributed by atoms with Crippen LogP contribution < -0.4 is 15.6 Å². The number of para-hydroxylation sites is 2. The number of aryl methyl sites for hydroxylation is 1. The van der Waals surface area contributed by atoms with Gasteiger partial charge in [0, 0.05) is 17.1 Å². The number of anilines is 1. The number of fused-ring (bicyclic) bond motifs is 1. The van der Waals surface area contributed by atoms with Crippen molar-refractivity contribution < 1.29 is 9.53 Å². The number of nitrogens with zero attached hydrogens (tertiary/aromatic N) is 1. The quantitative estimate of drug-likeness (QED) is 0.639. The fourth-order valence-corrected chi connectivity index (χ4v) is 4.19. The second-order valence-electron chi connectivity index (χ2n) is 7.91. The van der Waals surface area contributed by atoms with Crippen LogP contribution >= 0.6 is 0 Å². The SMILES string of the molecule is COc1ccccc1NC(=O)N(Cc1cc2cc(C)ccc2[nH]c1=O)C1CCCC1. The van der Waals surface area contributed by atoms with Gasteiger partial charge in [0.05, 0.1) is 19.3 Å². The van der Waals surface area contributed by atoms with Crippen LogP contribution in [-0.4, -0.2) is 29.1 Å². The van der Waals surface area contributed by atoms with Crippen LogP contribution in [0.15, 0.2) is 53.3 Å². The molecule has 0 unspecified atom stereocenters. The third-order valence-corrected chi connectivity index (χ3v) is 5.79. The fraction of sp³-hybridized carbons (Fsp3) is 0.333. The highest BCUT2D eigenvalue weighted by molar-refractivity contribution is 5.91. The number of hydrogen-bond donors (Lipinski definition) is 2. The molecule has 1 aliphatic carbocycles. The van der Waals surface area contributed by atoms with E-state index in [4.69, 9.17) is 4.74 Å².